The molecule has 0 aliphatic carbocycles. The molecule has 0 atom stereocenters. The summed E-state index contributed by atoms with van der Waals surface area (Å²) < 4.78 is 30.6. The van der Waals surface area contributed by atoms with Crippen LogP contribution in [0.3, 0.4) is 0 Å². The highest BCUT2D eigenvalue weighted by Gasteiger charge is 2.16. The van der Waals surface area contributed by atoms with Gasteiger partial charge in [-0.25, -0.2) is 8.42 Å². The molecule has 2 aromatic carbocycles. The van der Waals surface area contributed by atoms with Gasteiger partial charge in [0.25, 0.3) is 11.8 Å². The van der Waals surface area contributed by atoms with Crippen LogP contribution in [0.2, 0.25) is 0 Å². The van der Waals surface area contributed by atoms with Crippen molar-refractivity contribution in [3.8, 4) is 0 Å². The highest BCUT2D eigenvalue weighted by atomic mass is 32.2. The Bertz CT molecular complexity index is 1270. The number of amides is 3. The maximum Gasteiger partial charge on any atom is 0.291 e. The number of sulfonamides is 1. The lowest BCUT2D eigenvalue weighted by molar-refractivity contribution is -0.114. The Morgan fingerprint density at radius 3 is 2.21 bits per heavy atom. The van der Waals surface area contributed by atoms with Crippen molar-refractivity contribution in [2.45, 2.75) is 13.5 Å². The smallest absolute Gasteiger partial charge is 0.291 e. The number of anilines is 3. The lowest BCUT2D eigenvalue weighted by atomic mass is 10.1. The SMILES string of the molecule is CC(=O)Nc1ccc(NS(C)(=O)=O)c(C(=O)NCc2ccc(NC(=O)c3ccco3)cc2)c1. The number of hydrogen-bond acceptors (Lipinski definition) is 6. The van der Waals surface area contributed by atoms with Gasteiger partial charge >= 0.3 is 0 Å². The standard InChI is InChI=1S/C22H22N4O6S/c1-14(27)24-17-9-10-19(26-33(2,30)31)18(12-17)21(28)23-13-15-5-7-16(8-6-15)25-22(29)20-4-3-11-32-20/h3-12,26H,13H2,1-2H3,(H,23,28)(H,24,27)(H,25,29). The van der Waals surface area contributed by atoms with Crippen LogP contribution in [-0.2, 0) is 21.4 Å². The first-order chi connectivity index (χ1) is 15.6. The Balaban J connectivity index is 1.69. The topological polar surface area (TPSA) is 147 Å². The number of carbonyl (C=O) groups is 3. The van der Waals surface area contributed by atoms with Gasteiger partial charge in [-0.2, -0.15) is 0 Å². The Kier molecular flexibility index (Phi) is 7.13. The third-order valence-electron chi connectivity index (χ3n) is 4.29. The Morgan fingerprint density at radius 1 is 0.909 bits per heavy atom. The van der Waals surface area contributed by atoms with Crippen LogP contribution in [0.4, 0.5) is 17.1 Å². The van der Waals surface area contributed by atoms with Crippen LogP contribution in [0.1, 0.15) is 33.4 Å². The molecule has 3 rings (SSSR count). The van der Waals surface area contributed by atoms with Gasteiger partial charge in [-0.1, -0.05) is 12.1 Å². The molecule has 0 spiro atoms. The van der Waals surface area contributed by atoms with Crippen molar-refractivity contribution in [3.05, 3.63) is 77.7 Å². The maximum absolute atomic E-state index is 12.8. The van der Waals surface area contributed by atoms with E-state index in [1.54, 1.807) is 36.4 Å². The minimum absolute atomic E-state index is 0.0500. The predicted octanol–water partition coefficient (Wildman–Crippen LogP) is 2.79. The molecule has 11 heteroatoms. The van der Waals surface area contributed by atoms with Crippen LogP contribution < -0.4 is 20.7 Å². The number of hydrogen-bond donors (Lipinski definition) is 4. The van der Waals surface area contributed by atoms with Gasteiger partial charge in [0.1, 0.15) is 0 Å². The summed E-state index contributed by atoms with van der Waals surface area (Å²) in [6.45, 7) is 1.47. The molecule has 0 bridgehead atoms. The van der Waals surface area contributed by atoms with Gasteiger partial charge in [-0.15, -0.1) is 0 Å². The highest BCUT2D eigenvalue weighted by molar-refractivity contribution is 7.92. The van der Waals surface area contributed by atoms with Gasteiger partial charge < -0.3 is 20.4 Å². The summed E-state index contributed by atoms with van der Waals surface area (Å²) in [5.41, 5.74) is 1.78. The molecule has 0 aliphatic heterocycles. The number of nitrogens with one attached hydrogen (secondary N) is 4. The van der Waals surface area contributed by atoms with E-state index < -0.39 is 15.9 Å². The lowest BCUT2D eigenvalue weighted by Gasteiger charge is -2.13. The largest absolute Gasteiger partial charge is 0.459 e. The zero-order valence-electron chi connectivity index (χ0n) is 17.8. The molecular formula is C22H22N4O6S. The van der Waals surface area contributed by atoms with Crippen LogP contribution in [0.25, 0.3) is 0 Å². The first-order valence-electron chi connectivity index (χ1n) is 9.72. The van der Waals surface area contributed by atoms with E-state index in [9.17, 15) is 22.8 Å². The highest BCUT2D eigenvalue weighted by Crippen LogP contribution is 2.22. The normalized spacial score (nSPS) is 10.8. The average Bonchev–Trinajstić information content (AvgIpc) is 3.28. The third-order valence-corrected chi connectivity index (χ3v) is 4.88. The fourth-order valence-corrected chi connectivity index (χ4v) is 3.46. The van der Waals surface area contributed by atoms with Gasteiger partial charge in [0.05, 0.1) is 23.8 Å². The van der Waals surface area contributed by atoms with Gasteiger partial charge in [-0.3, -0.25) is 19.1 Å². The van der Waals surface area contributed by atoms with Gasteiger partial charge in [-0.05, 0) is 48.0 Å². The van der Waals surface area contributed by atoms with Gasteiger partial charge in [0.15, 0.2) is 5.76 Å². The van der Waals surface area contributed by atoms with Crippen molar-refractivity contribution >= 4 is 44.8 Å². The summed E-state index contributed by atoms with van der Waals surface area (Å²) in [5.74, 6) is -1.06. The van der Waals surface area contributed by atoms with Crippen LogP contribution in [0.15, 0.2) is 65.3 Å². The number of furan rings is 1. The molecule has 0 aliphatic rings. The van der Waals surface area contributed by atoms with Gasteiger partial charge in [0, 0.05) is 24.8 Å². The third kappa shape index (κ3) is 6.94. The number of rotatable bonds is 8. The van der Waals surface area contributed by atoms with Crippen molar-refractivity contribution in [1.82, 2.24) is 5.32 Å². The fourth-order valence-electron chi connectivity index (χ4n) is 2.89. The summed E-state index contributed by atoms with van der Waals surface area (Å²) in [5, 5.41) is 7.97. The maximum atomic E-state index is 12.8. The molecule has 0 saturated heterocycles. The van der Waals surface area contributed by atoms with E-state index in [1.165, 1.54) is 31.4 Å². The Morgan fingerprint density at radius 2 is 1.61 bits per heavy atom. The number of benzene rings is 2. The number of carbonyl (C=O) groups excluding carboxylic acids is 3. The molecule has 1 heterocycles. The fraction of sp³-hybridized carbons (Fsp3) is 0.136. The molecule has 4 N–H and O–H groups in total. The second-order valence-electron chi connectivity index (χ2n) is 7.13. The lowest BCUT2D eigenvalue weighted by Crippen LogP contribution is -2.25. The Labute approximate surface area is 190 Å². The molecule has 0 radical (unpaired) electrons. The van der Waals surface area contributed by atoms with E-state index in [0.717, 1.165) is 11.8 Å². The minimum atomic E-state index is -3.63. The Hall–Kier alpha value is -4.12. The van der Waals surface area contributed by atoms with Crippen molar-refractivity contribution in [2.24, 2.45) is 0 Å². The zero-order chi connectivity index (χ0) is 24.0. The van der Waals surface area contributed by atoms with E-state index in [0.29, 0.717) is 11.4 Å². The summed E-state index contributed by atoms with van der Waals surface area (Å²) in [4.78, 5) is 36.1. The molecule has 1 aromatic heterocycles. The first kappa shape index (κ1) is 23.5. The molecule has 0 fully saturated rings. The second kappa shape index (κ2) is 10.0. The van der Waals surface area contributed by atoms with E-state index in [-0.39, 0.29) is 35.4 Å². The zero-order valence-corrected chi connectivity index (χ0v) is 18.7. The quantitative estimate of drug-likeness (QED) is 0.398. The summed E-state index contributed by atoms with van der Waals surface area (Å²) in [6, 6.07) is 14.2. The van der Waals surface area contributed by atoms with Crippen LogP contribution in [0, 0.1) is 0 Å². The molecule has 0 saturated carbocycles. The molecule has 33 heavy (non-hydrogen) atoms. The van der Waals surface area contributed by atoms with E-state index >= 15 is 0 Å². The monoisotopic (exact) mass is 470 g/mol. The summed E-state index contributed by atoms with van der Waals surface area (Å²) >= 11 is 0. The van der Waals surface area contributed by atoms with Crippen LogP contribution in [0.5, 0.6) is 0 Å². The summed E-state index contributed by atoms with van der Waals surface area (Å²) in [6.07, 6.45) is 2.38. The molecule has 0 unspecified atom stereocenters. The van der Waals surface area contributed by atoms with Crippen LogP contribution in [-0.4, -0.2) is 32.4 Å². The van der Waals surface area contributed by atoms with Crippen molar-refractivity contribution in [1.29, 1.82) is 0 Å². The molecule has 3 amide bonds. The predicted molar refractivity (Wildman–Crippen MR) is 123 cm³/mol. The average molecular weight is 471 g/mol. The van der Waals surface area contributed by atoms with Crippen molar-refractivity contribution in [3.63, 3.8) is 0 Å². The molecule has 3 aromatic rings. The van der Waals surface area contributed by atoms with E-state index in [4.69, 9.17) is 4.42 Å². The molecule has 10 nitrogen and oxygen atoms in total. The summed E-state index contributed by atoms with van der Waals surface area (Å²) in [7, 11) is -3.63. The molecule has 172 valence electrons. The van der Waals surface area contributed by atoms with Gasteiger partial charge in [0.2, 0.25) is 15.9 Å². The first-order valence-corrected chi connectivity index (χ1v) is 11.6. The van der Waals surface area contributed by atoms with Crippen molar-refractivity contribution in [2.75, 3.05) is 21.6 Å². The minimum Gasteiger partial charge on any atom is -0.459 e. The van der Waals surface area contributed by atoms with Crippen LogP contribution >= 0.6 is 0 Å². The second-order valence-corrected chi connectivity index (χ2v) is 8.88. The molecular weight excluding hydrogens is 448 g/mol. The van der Waals surface area contributed by atoms with E-state index in [2.05, 4.69) is 20.7 Å². The van der Waals surface area contributed by atoms with Crippen molar-refractivity contribution < 1.29 is 27.2 Å². The van der Waals surface area contributed by atoms with E-state index in [1.807, 2.05) is 0 Å².